The van der Waals surface area contributed by atoms with Crippen molar-refractivity contribution in [3.05, 3.63) is 41.0 Å². The molecule has 0 radical (unpaired) electrons. The number of fused-ring (bicyclic) bond motifs is 1. The lowest BCUT2D eigenvalue weighted by Crippen LogP contribution is -2.23. The fraction of sp³-hybridized carbons (Fsp3) is 0.286. The first-order valence-electron chi connectivity index (χ1n) is 5.79. The molecule has 1 aliphatic heterocycles. The van der Waals surface area contributed by atoms with Crippen LogP contribution >= 0.6 is 11.3 Å². The molecule has 17 heavy (non-hydrogen) atoms. The van der Waals surface area contributed by atoms with Crippen LogP contribution in [-0.2, 0) is 0 Å². The molecule has 0 saturated heterocycles. The zero-order chi connectivity index (χ0) is 11.8. The first-order chi connectivity index (χ1) is 8.22. The van der Waals surface area contributed by atoms with E-state index >= 15 is 0 Å². The van der Waals surface area contributed by atoms with E-state index in [0.717, 1.165) is 29.6 Å². The topological polar surface area (TPSA) is 3.24 Å². The molecule has 1 nitrogen and oxygen atoms in total. The second-order valence-corrected chi connectivity index (χ2v) is 5.62. The monoisotopic (exact) mass is 247 g/mol. The Morgan fingerprint density at radius 2 is 2.18 bits per heavy atom. The molecule has 1 aliphatic rings. The van der Waals surface area contributed by atoms with Gasteiger partial charge < -0.3 is 4.90 Å². The molecule has 0 unspecified atom stereocenters. The highest BCUT2D eigenvalue weighted by atomic mass is 32.1. The van der Waals surface area contributed by atoms with Gasteiger partial charge >= 0.3 is 0 Å². The van der Waals surface area contributed by atoms with Gasteiger partial charge in [-0.1, -0.05) is 12.1 Å². The minimum absolute atomic E-state index is 0.150. The predicted octanol–water partition coefficient (Wildman–Crippen LogP) is 3.76. The summed E-state index contributed by atoms with van der Waals surface area (Å²) in [5.41, 5.74) is 1.41. The van der Waals surface area contributed by atoms with Crippen molar-refractivity contribution in [1.82, 2.24) is 4.90 Å². The molecular formula is C14H14FNS. The zero-order valence-corrected chi connectivity index (χ0v) is 10.6. The Kier molecular flexibility index (Phi) is 2.73. The molecule has 2 heterocycles. The van der Waals surface area contributed by atoms with Gasteiger partial charge in [-0.25, -0.2) is 4.39 Å². The van der Waals surface area contributed by atoms with E-state index < -0.39 is 0 Å². The third-order valence-electron chi connectivity index (χ3n) is 3.21. The molecule has 2 aromatic rings. The fourth-order valence-corrected chi connectivity index (χ4v) is 3.31. The van der Waals surface area contributed by atoms with Crippen LogP contribution in [0, 0.1) is 5.82 Å². The lowest BCUT2D eigenvalue weighted by atomic mass is 10.1. The minimum atomic E-state index is -0.150. The maximum atomic E-state index is 13.1. The van der Waals surface area contributed by atoms with Gasteiger partial charge in [0.25, 0.3) is 0 Å². The lowest BCUT2D eigenvalue weighted by Gasteiger charge is -2.21. The summed E-state index contributed by atoms with van der Waals surface area (Å²) in [6, 6.07) is 7.19. The number of nitrogens with zero attached hydrogens (tertiary/aromatic N) is 1. The summed E-state index contributed by atoms with van der Waals surface area (Å²) in [7, 11) is 2.13. The normalized spacial score (nSPS) is 17.4. The van der Waals surface area contributed by atoms with Crippen LogP contribution in [0.3, 0.4) is 0 Å². The molecule has 1 aromatic heterocycles. The maximum absolute atomic E-state index is 13.1. The van der Waals surface area contributed by atoms with Crippen molar-refractivity contribution in [2.24, 2.45) is 0 Å². The van der Waals surface area contributed by atoms with E-state index in [1.165, 1.54) is 16.5 Å². The van der Waals surface area contributed by atoms with Gasteiger partial charge in [-0.15, -0.1) is 11.3 Å². The summed E-state index contributed by atoms with van der Waals surface area (Å²) in [4.78, 5) is 3.59. The van der Waals surface area contributed by atoms with Gasteiger partial charge in [0.05, 0.1) is 0 Å². The van der Waals surface area contributed by atoms with Crippen LogP contribution in [0.25, 0.3) is 15.7 Å². The largest absolute Gasteiger partial charge is 0.302 e. The Hall–Kier alpha value is -1.19. The van der Waals surface area contributed by atoms with Gasteiger partial charge in [0, 0.05) is 22.7 Å². The molecule has 1 aromatic carbocycles. The minimum Gasteiger partial charge on any atom is -0.302 e. The van der Waals surface area contributed by atoms with E-state index in [-0.39, 0.29) is 5.82 Å². The first-order valence-corrected chi connectivity index (χ1v) is 6.61. The quantitative estimate of drug-likeness (QED) is 0.741. The fourth-order valence-electron chi connectivity index (χ4n) is 2.16. The number of rotatable bonds is 1. The van der Waals surface area contributed by atoms with Crippen LogP contribution in [0.1, 0.15) is 11.3 Å². The maximum Gasteiger partial charge on any atom is 0.124 e. The predicted molar refractivity (Wildman–Crippen MR) is 71.9 cm³/mol. The molecule has 3 rings (SSSR count). The van der Waals surface area contributed by atoms with Crippen LogP contribution in [0.2, 0.25) is 0 Å². The van der Waals surface area contributed by atoms with E-state index in [1.54, 1.807) is 17.4 Å². The van der Waals surface area contributed by atoms with Gasteiger partial charge in [0.15, 0.2) is 0 Å². The third-order valence-corrected chi connectivity index (χ3v) is 4.38. The molecule has 0 amide bonds. The van der Waals surface area contributed by atoms with E-state index in [4.69, 9.17) is 0 Å². The highest BCUT2D eigenvalue weighted by Crippen LogP contribution is 2.33. The van der Waals surface area contributed by atoms with Crippen molar-refractivity contribution < 1.29 is 4.39 Å². The lowest BCUT2D eigenvalue weighted by molar-refractivity contribution is 0.370. The zero-order valence-electron chi connectivity index (χ0n) is 9.74. The number of likely N-dealkylation sites (N-methyl/N-ethyl adjacent to an activating group) is 1. The van der Waals surface area contributed by atoms with Crippen molar-refractivity contribution in [3.8, 4) is 0 Å². The SMILES string of the molecule is CN1CC=C(c2cc3ccc(F)cc3s2)CC1. The Morgan fingerprint density at radius 3 is 2.94 bits per heavy atom. The second kappa shape index (κ2) is 4.24. The van der Waals surface area contributed by atoms with Gasteiger partial charge in [0.2, 0.25) is 0 Å². The number of hydrogen-bond donors (Lipinski definition) is 0. The Bertz CT molecular complexity index is 585. The molecule has 0 atom stereocenters. The van der Waals surface area contributed by atoms with Crippen molar-refractivity contribution in [2.45, 2.75) is 6.42 Å². The van der Waals surface area contributed by atoms with Crippen LogP contribution in [0.5, 0.6) is 0 Å². The summed E-state index contributed by atoms with van der Waals surface area (Å²) in [5.74, 6) is -0.150. The summed E-state index contributed by atoms with van der Waals surface area (Å²) >= 11 is 1.69. The van der Waals surface area contributed by atoms with E-state index in [2.05, 4.69) is 24.1 Å². The molecule has 3 heteroatoms. The molecular weight excluding hydrogens is 233 g/mol. The van der Waals surface area contributed by atoms with E-state index in [1.807, 2.05) is 6.07 Å². The average Bonchev–Trinajstić information content (AvgIpc) is 2.72. The van der Waals surface area contributed by atoms with Crippen molar-refractivity contribution in [2.75, 3.05) is 20.1 Å². The number of halogens is 1. The first kappa shape index (κ1) is 10.9. The van der Waals surface area contributed by atoms with E-state index in [9.17, 15) is 4.39 Å². The number of hydrogen-bond acceptors (Lipinski definition) is 2. The third kappa shape index (κ3) is 2.13. The van der Waals surface area contributed by atoms with Gasteiger partial charge in [0.1, 0.15) is 5.82 Å². The Morgan fingerprint density at radius 1 is 1.29 bits per heavy atom. The Balaban J connectivity index is 2.01. The van der Waals surface area contributed by atoms with Crippen LogP contribution in [0.4, 0.5) is 4.39 Å². The van der Waals surface area contributed by atoms with Gasteiger partial charge in [-0.05, 0) is 42.6 Å². The van der Waals surface area contributed by atoms with Crippen molar-refractivity contribution in [1.29, 1.82) is 0 Å². The highest BCUT2D eigenvalue weighted by molar-refractivity contribution is 7.20. The van der Waals surface area contributed by atoms with Crippen LogP contribution in [0.15, 0.2) is 30.3 Å². The highest BCUT2D eigenvalue weighted by Gasteiger charge is 2.12. The van der Waals surface area contributed by atoms with E-state index in [0.29, 0.717) is 0 Å². The standard InChI is InChI=1S/C14H14FNS/c1-16-6-4-10(5-7-16)13-8-11-2-3-12(15)9-14(11)17-13/h2-4,8-9H,5-7H2,1H3. The summed E-state index contributed by atoms with van der Waals surface area (Å²) in [6.45, 7) is 2.12. The van der Waals surface area contributed by atoms with Crippen LogP contribution in [-0.4, -0.2) is 25.0 Å². The molecule has 88 valence electrons. The Labute approximate surface area is 104 Å². The summed E-state index contributed by atoms with van der Waals surface area (Å²) in [5, 5.41) is 1.14. The molecule has 0 aliphatic carbocycles. The summed E-state index contributed by atoms with van der Waals surface area (Å²) < 4.78 is 14.2. The molecule has 0 saturated carbocycles. The number of benzene rings is 1. The smallest absolute Gasteiger partial charge is 0.124 e. The van der Waals surface area contributed by atoms with Crippen molar-refractivity contribution in [3.63, 3.8) is 0 Å². The van der Waals surface area contributed by atoms with Crippen LogP contribution < -0.4 is 0 Å². The van der Waals surface area contributed by atoms with Crippen molar-refractivity contribution >= 4 is 27.0 Å². The average molecular weight is 247 g/mol. The van der Waals surface area contributed by atoms with Gasteiger partial charge in [-0.2, -0.15) is 0 Å². The summed E-state index contributed by atoms with van der Waals surface area (Å²) in [6.07, 6.45) is 3.37. The second-order valence-electron chi connectivity index (χ2n) is 4.53. The molecule has 0 N–H and O–H groups in total. The van der Waals surface area contributed by atoms with Gasteiger partial charge in [-0.3, -0.25) is 0 Å². The molecule has 0 fully saturated rings. The molecule has 0 bridgehead atoms. The number of thiophene rings is 1. The molecule has 0 spiro atoms.